The van der Waals surface area contributed by atoms with Gasteiger partial charge < -0.3 is 16.0 Å². The first-order valence-electron chi connectivity index (χ1n) is 8.84. The summed E-state index contributed by atoms with van der Waals surface area (Å²) < 4.78 is 0. The molecule has 0 bridgehead atoms. The maximum atomic E-state index is 12.1. The van der Waals surface area contributed by atoms with Crippen LogP contribution in [0.1, 0.15) is 31.4 Å². The van der Waals surface area contributed by atoms with E-state index in [0.29, 0.717) is 18.0 Å². The van der Waals surface area contributed by atoms with E-state index >= 15 is 0 Å². The van der Waals surface area contributed by atoms with Crippen molar-refractivity contribution < 1.29 is 9.59 Å². The first-order valence-corrected chi connectivity index (χ1v) is 8.84. The largest absolute Gasteiger partial charge is 0.376 e. The van der Waals surface area contributed by atoms with Crippen molar-refractivity contribution in [2.24, 2.45) is 5.92 Å². The molecule has 0 saturated heterocycles. The molecule has 2 aromatic rings. The predicted molar refractivity (Wildman–Crippen MR) is 108 cm³/mol. The van der Waals surface area contributed by atoms with Crippen LogP contribution in [-0.4, -0.2) is 18.4 Å². The lowest BCUT2D eigenvalue weighted by Crippen LogP contribution is -2.21. The Balaban J connectivity index is 1.83. The molecule has 5 heteroatoms. The molecule has 0 aliphatic rings. The van der Waals surface area contributed by atoms with Gasteiger partial charge in [-0.25, -0.2) is 0 Å². The monoisotopic (exact) mass is 353 g/mol. The van der Waals surface area contributed by atoms with E-state index in [0.717, 1.165) is 11.4 Å². The van der Waals surface area contributed by atoms with Gasteiger partial charge in [-0.3, -0.25) is 9.59 Å². The van der Waals surface area contributed by atoms with Crippen LogP contribution in [0.2, 0.25) is 0 Å². The van der Waals surface area contributed by atoms with Crippen LogP contribution in [0.15, 0.2) is 42.5 Å². The summed E-state index contributed by atoms with van der Waals surface area (Å²) in [5, 5.41) is 8.80. The zero-order valence-corrected chi connectivity index (χ0v) is 15.8. The van der Waals surface area contributed by atoms with Crippen LogP contribution in [0, 0.1) is 19.8 Å². The van der Waals surface area contributed by atoms with Crippen molar-refractivity contribution in [3.8, 4) is 0 Å². The first kappa shape index (κ1) is 19.5. The van der Waals surface area contributed by atoms with Gasteiger partial charge in [0.2, 0.25) is 11.8 Å². The fourth-order valence-corrected chi connectivity index (χ4v) is 2.46. The Morgan fingerprint density at radius 1 is 0.808 bits per heavy atom. The molecule has 26 heavy (non-hydrogen) atoms. The first-order chi connectivity index (χ1) is 12.3. The predicted octanol–water partition coefficient (Wildman–Crippen LogP) is 4.34. The minimum Gasteiger partial charge on any atom is -0.376 e. The van der Waals surface area contributed by atoms with Gasteiger partial charge in [-0.05, 0) is 67.3 Å². The van der Waals surface area contributed by atoms with Crippen molar-refractivity contribution >= 4 is 28.9 Å². The molecular formula is C21H27N3O2. The Hall–Kier alpha value is -2.82. The van der Waals surface area contributed by atoms with Gasteiger partial charge in [0.15, 0.2) is 0 Å². The molecule has 3 N–H and O–H groups in total. The standard InChI is InChI=1S/C21H27N3O2/c1-14(2)11-20(25)23-17-7-9-18(10-8-17)24-21(26)13-22-19-6-5-15(3)16(4)12-19/h5-10,12,14,22H,11,13H2,1-4H3,(H,23,25)(H,24,26). The van der Waals surface area contributed by atoms with E-state index in [-0.39, 0.29) is 18.4 Å². The second-order valence-corrected chi connectivity index (χ2v) is 6.92. The smallest absolute Gasteiger partial charge is 0.243 e. The summed E-state index contributed by atoms with van der Waals surface area (Å²) in [7, 11) is 0. The van der Waals surface area contributed by atoms with Crippen molar-refractivity contribution in [2.45, 2.75) is 34.1 Å². The number of rotatable bonds is 7. The summed E-state index contributed by atoms with van der Waals surface area (Å²) in [5.41, 5.74) is 4.75. The molecule has 138 valence electrons. The Kier molecular flexibility index (Phi) is 6.78. The highest BCUT2D eigenvalue weighted by Crippen LogP contribution is 2.16. The number of hydrogen-bond acceptors (Lipinski definition) is 3. The second kappa shape index (κ2) is 9.04. The maximum absolute atomic E-state index is 12.1. The van der Waals surface area contributed by atoms with Crippen molar-refractivity contribution in [2.75, 3.05) is 22.5 Å². The number of amides is 2. The van der Waals surface area contributed by atoms with E-state index in [2.05, 4.69) is 22.9 Å². The maximum Gasteiger partial charge on any atom is 0.243 e. The quantitative estimate of drug-likeness (QED) is 0.693. The van der Waals surface area contributed by atoms with Crippen LogP contribution < -0.4 is 16.0 Å². The molecule has 0 aromatic heterocycles. The average Bonchev–Trinajstić information content (AvgIpc) is 2.57. The van der Waals surface area contributed by atoms with Gasteiger partial charge in [-0.15, -0.1) is 0 Å². The fourth-order valence-electron chi connectivity index (χ4n) is 2.46. The number of hydrogen-bond donors (Lipinski definition) is 3. The number of carbonyl (C=O) groups is 2. The zero-order chi connectivity index (χ0) is 19.1. The second-order valence-electron chi connectivity index (χ2n) is 6.92. The normalized spacial score (nSPS) is 10.5. The summed E-state index contributed by atoms with van der Waals surface area (Å²) >= 11 is 0. The Morgan fingerprint density at radius 3 is 1.88 bits per heavy atom. The van der Waals surface area contributed by atoms with Gasteiger partial charge in [0, 0.05) is 23.5 Å². The van der Waals surface area contributed by atoms with Crippen LogP contribution in [0.4, 0.5) is 17.1 Å². The number of benzene rings is 2. The van der Waals surface area contributed by atoms with Gasteiger partial charge in [-0.2, -0.15) is 0 Å². The molecule has 0 spiro atoms. The highest BCUT2D eigenvalue weighted by atomic mass is 16.2. The van der Waals surface area contributed by atoms with Crippen molar-refractivity contribution in [1.29, 1.82) is 0 Å². The molecule has 2 rings (SSSR count). The highest BCUT2D eigenvalue weighted by molar-refractivity contribution is 5.94. The van der Waals surface area contributed by atoms with Gasteiger partial charge >= 0.3 is 0 Å². The Morgan fingerprint density at radius 2 is 1.35 bits per heavy atom. The van der Waals surface area contributed by atoms with Crippen molar-refractivity contribution in [3.05, 3.63) is 53.6 Å². The van der Waals surface area contributed by atoms with Gasteiger partial charge in [0.05, 0.1) is 6.54 Å². The third kappa shape index (κ3) is 6.24. The topological polar surface area (TPSA) is 70.2 Å². The third-order valence-corrected chi connectivity index (χ3v) is 4.01. The molecule has 2 aromatic carbocycles. The number of nitrogens with one attached hydrogen (secondary N) is 3. The zero-order valence-electron chi connectivity index (χ0n) is 15.8. The third-order valence-electron chi connectivity index (χ3n) is 4.01. The van der Waals surface area contributed by atoms with E-state index in [1.165, 1.54) is 11.1 Å². The molecule has 0 atom stereocenters. The van der Waals surface area contributed by atoms with Crippen LogP contribution in [-0.2, 0) is 9.59 Å². The Labute approximate surface area is 155 Å². The van der Waals surface area contributed by atoms with Gasteiger partial charge in [0.1, 0.15) is 0 Å². The molecule has 0 radical (unpaired) electrons. The van der Waals surface area contributed by atoms with Crippen LogP contribution in [0.3, 0.4) is 0 Å². The molecule has 0 aliphatic heterocycles. The molecule has 0 unspecified atom stereocenters. The van der Waals surface area contributed by atoms with Crippen LogP contribution >= 0.6 is 0 Å². The Bertz CT molecular complexity index is 767. The summed E-state index contributed by atoms with van der Waals surface area (Å²) in [5.74, 6) is 0.188. The summed E-state index contributed by atoms with van der Waals surface area (Å²) in [6.07, 6.45) is 0.489. The number of carbonyl (C=O) groups excluding carboxylic acids is 2. The molecule has 0 fully saturated rings. The van der Waals surface area contributed by atoms with E-state index in [1.54, 1.807) is 24.3 Å². The van der Waals surface area contributed by atoms with E-state index in [9.17, 15) is 9.59 Å². The van der Waals surface area contributed by atoms with Crippen molar-refractivity contribution in [1.82, 2.24) is 0 Å². The highest BCUT2D eigenvalue weighted by Gasteiger charge is 2.06. The number of anilines is 3. The van der Waals surface area contributed by atoms with Crippen LogP contribution in [0.25, 0.3) is 0 Å². The van der Waals surface area contributed by atoms with Crippen LogP contribution in [0.5, 0.6) is 0 Å². The molecule has 5 nitrogen and oxygen atoms in total. The molecule has 2 amide bonds. The SMILES string of the molecule is Cc1ccc(NCC(=O)Nc2ccc(NC(=O)CC(C)C)cc2)cc1C. The fraction of sp³-hybridized carbons (Fsp3) is 0.333. The molecule has 0 aliphatic carbocycles. The lowest BCUT2D eigenvalue weighted by Gasteiger charge is -2.10. The lowest BCUT2D eigenvalue weighted by molar-refractivity contribution is -0.117. The van der Waals surface area contributed by atoms with Gasteiger partial charge in [0.25, 0.3) is 0 Å². The van der Waals surface area contributed by atoms with E-state index in [1.807, 2.05) is 39.0 Å². The molecule has 0 heterocycles. The summed E-state index contributed by atoms with van der Waals surface area (Å²) in [6, 6.07) is 13.1. The minimum atomic E-state index is -0.125. The van der Waals surface area contributed by atoms with Crippen molar-refractivity contribution in [3.63, 3.8) is 0 Å². The van der Waals surface area contributed by atoms with E-state index < -0.39 is 0 Å². The average molecular weight is 353 g/mol. The summed E-state index contributed by atoms with van der Waals surface area (Å²) in [4.78, 5) is 23.8. The van der Waals surface area contributed by atoms with Gasteiger partial charge in [-0.1, -0.05) is 19.9 Å². The molecule has 0 saturated carbocycles. The lowest BCUT2D eigenvalue weighted by atomic mass is 10.1. The number of aryl methyl sites for hydroxylation is 2. The minimum absolute atomic E-state index is 0.00521. The van der Waals surface area contributed by atoms with E-state index in [4.69, 9.17) is 0 Å². The summed E-state index contributed by atoms with van der Waals surface area (Å²) in [6.45, 7) is 8.30. The molecular weight excluding hydrogens is 326 g/mol.